The molecule has 0 bridgehead atoms. The summed E-state index contributed by atoms with van der Waals surface area (Å²) >= 11 is 3.46. The topological polar surface area (TPSA) is 76.6 Å². The third-order valence-corrected chi connectivity index (χ3v) is 6.57. The number of carbonyl (C=O) groups excluding carboxylic acids is 2. The van der Waals surface area contributed by atoms with Gasteiger partial charge in [-0.25, -0.2) is 0 Å². The highest BCUT2D eigenvalue weighted by atomic mass is 79.9. The molecule has 1 saturated heterocycles. The number of likely N-dealkylation sites (N-methyl/N-ethyl adjacent to an activating group) is 1. The molecule has 1 aromatic heterocycles. The van der Waals surface area contributed by atoms with Crippen molar-refractivity contribution in [3.05, 3.63) is 75.4 Å². The van der Waals surface area contributed by atoms with Gasteiger partial charge in [0.25, 0.3) is 11.7 Å². The van der Waals surface area contributed by atoms with E-state index in [1.807, 2.05) is 62.4 Å². The number of fused-ring (bicyclic) bond motifs is 1. The van der Waals surface area contributed by atoms with Crippen LogP contribution in [0.25, 0.3) is 16.7 Å². The van der Waals surface area contributed by atoms with Crippen molar-refractivity contribution in [3.8, 4) is 0 Å². The van der Waals surface area contributed by atoms with Crippen molar-refractivity contribution in [2.45, 2.75) is 13.0 Å². The third kappa shape index (κ3) is 3.79. The second-order valence-corrected chi connectivity index (χ2v) is 8.90. The molecule has 160 valence electrons. The number of benzene rings is 2. The first-order valence-corrected chi connectivity index (χ1v) is 10.8. The lowest BCUT2D eigenvalue weighted by molar-refractivity contribution is -0.140. The van der Waals surface area contributed by atoms with E-state index in [1.165, 1.54) is 0 Å². The predicted molar refractivity (Wildman–Crippen MR) is 125 cm³/mol. The Morgan fingerprint density at radius 3 is 2.65 bits per heavy atom. The minimum Gasteiger partial charge on any atom is -0.507 e. The summed E-state index contributed by atoms with van der Waals surface area (Å²) in [6, 6.07) is 12.5. The SMILES string of the molecule is Cc1cc(/C(O)=C2\C(=O)C(=O)N(CCN(C)C)C2c2c[nH]c3ccccc23)ccc1Br. The molecule has 1 aliphatic rings. The Morgan fingerprint density at radius 2 is 1.94 bits per heavy atom. The molecular formula is C24H24BrN3O3. The molecule has 3 aromatic rings. The van der Waals surface area contributed by atoms with Crippen LogP contribution in [0, 0.1) is 6.92 Å². The van der Waals surface area contributed by atoms with Gasteiger partial charge in [-0.05, 0) is 44.8 Å². The van der Waals surface area contributed by atoms with Gasteiger partial charge in [0.05, 0.1) is 11.6 Å². The van der Waals surface area contributed by atoms with Gasteiger partial charge < -0.3 is 19.9 Å². The molecule has 2 N–H and O–H groups in total. The lowest BCUT2D eigenvalue weighted by Gasteiger charge is -2.26. The summed E-state index contributed by atoms with van der Waals surface area (Å²) in [5.74, 6) is -1.41. The number of Topliss-reactive ketones (excluding diaryl/α,β-unsaturated/α-hetero) is 1. The second kappa shape index (κ2) is 8.32. The normalized spacial score (nSPS) is 18.5. The van der Waals surface area contributed by atoms with E-state index < -0.39 is 17.7 Å². The van der Waals surface area contributed by atoms with Crippen molar-refractivity contribution < 1.29 is 14.7 Å². The molecule has 0 saturated carbocycles. The van der Waals surface area contributed by atoms with Crippen LogP contribution in [0.5, 0.6) is 0 Å². The first kappa shape index (κ1) is 21.3. The number of nitrogens with zero attached hydrogens (tertiary/aromatic N) is 2. The van der Waals surface area contributed by atoms with Crippen LogP contribution >= 0.6 is 15.9 Å². The fourth-order valence-electron chi connectivity index (χ4n) is 4.01. The van der Waals surface area contributed by atoms with E-state index in [0.29, 0.717) is 18.7 Å². The molecule has 4 rings (SSSR count). The average molecular weight is 482 g/mol. The number of hydrogen-bond acceptors (Lipinski definition) is 4. The first-order valence-electron chi connectivity index (χ1n) is 10.0. The van der Waals surface area contributed by atoms with E-state index in [4.69, 9.17) is 0 Å². The van der Waals surface area contributed by atoms with E-state index >= 15 is 0 Å². The summed E-state index contributed by atoms with van der Waals surface area (Å²) in [6.45, 7) is 2.88. The molecule has 0 radical (unpaired) electrons. The number of aryl methyl sites for hydroxylation is 1. The number of amides is 1. The largest absolute Gasteiger partial charge is 0.507 e. The number of rotatable bonds is 5. The van der Waals surface area contributed by atoms with Crippen LogP contribution in [0.15, 0.2) is 58.7 Å². The van der Waals surface area contributed by atoms with Gasteiger partial charge in [-0.2, -0.15) is 0 Å². The van der Waals surface area contributed by atoms with Crippen LogP contribution in [0.1, 0.15) is 22.7 Å². The van der Waals surface area contributed by atoms with E-state index in [0.717, 1.165) is 26.5 Å². The molecule has 1 fully saturated rings. The fraction of sp³-hybridized carbons (Fsp3) is 0.250. The minimum atomic E-state index is -0.667. The molecule has 1 amide bonds. The number of ketones is 1. The van der Waals surface area contributed by atoms with Gasteiger partial charge in [0.15, 0.2) is 0 Å². The van der Waals surface area contributed by atoms with E-state index in [9.17, 15) is 14.7 Å². The van der Waals surface area contributed by atoms with Crippen molar-refractivity contribution >= 4 is 44.3 Å². The van der Waals surface area contributed by atoms with Gasteiger partial charge in [-0.1, -0.05) is 40.2 Å². The lowest BCUT2D eigenvalue weighted by Crippen LogP contribution is -2.35. The number of halogens is 1. The van der Waals surface area contributed by atoms with E-state index in [-0.39, 0.29) is 11.3 Å². The zero-order valence-electron chi connectivity index (χ0n) is 17.6. The molecule has 0 spiro atoms. The Balaban J connectivity index is 1.92. The minimum absolute atomic E-state index is 0.121. The average Bonchev–Trinajstić information content (AvgIpc) is 3.27. The number of likely N-dealkylation sites (tertiary alicyclic amines) is 1. The van der Waals surface area contributed by atoms with Crippen LogP contribution < -0.4 is 0 Å². The number of aromatic amines is 1. The highest BCUT2D eigenvalue weighted by Crippen LogP contribution is 2.42. The van der Waals surface area contributed by atoms with Gasteiger partial charge in [-0.15, -0.1) is 0 Å². The number of hydrogen-bond donors (Lipinski definition) is 2. The van der Waals surface area contributed by atoms with Crippen molar-refractivity contribution in [2.75, 3.05) is 27.2 Å². The maximum atomic E-state index is 13.1. The number of aromatic nitrogens is 1. The predicted octanol–water partition coefficient (Wildman–Crippen LogP) is 4.22. The van der Waals surface area contributed by atoms with E-state index in [2.05, 4.69) is 20.9 Å². The molecule has 2 aromatic carbocycles. The molecule has 1 atom stereocenters. The van der Waals surface area contributed by atoms with Gasteiger partial charge in [0.1, 0.15) is 5.76 Å². The lowest BCUT2D eigenvalue weighted by atomic mass is 9.94. The molecular weight excluding hydrogens is 458 g/mol. The zero-order chi connectivity index (χ0) is 22.3. The number of carbonyl (C=O) groups is 2. The number of nitrogens with one attached hydrogen (secondary N) is 1. The zero-order valence-corrected chi connectivity index (χ0v) is 19.2. The summed E-state index contributed by atoms with van der Waals surface area (Å²) < 4.78 is 0.906. The summed E-state index contributed by atoms with van der Waals surface area (Å²) in [4.78, 5) is 32.9. The number of aliphatic hydroxyl groups excluding tert-OH is 1. The van der Waals surface area contributed by atoms with Gasteiger partial charge >= 0.3 is 0 Å². The van der Waals surface area contributed by atoms with Crippen molar-refractivity contribution in [3.63, 3.8) is 0 Å². The van der Waals surface area contributed by atoms with Gasteiger partial charge in [-0.3, -0.25) is 9.59 Å². The maximum absolute atomic E-state index is 13.1. The quantitative estimate of drug-likeness (QED) is 0.325. The van der Waals surface area contributed by atoms with Crippen LogP contribution in [-0.4, -0.2) is 58.8 Å². The van der Waals surface area contributed by atoms with E-state index in [1.54, 1.807) is 17.0 Å². The van der Waals surface area contributed by atoms with Crippen LogP contribution in [0.3, 0.4) is 0 Å². The highest BCUT2D eigenvalue weighted by Gasteiger charge is 2.46. The van der Waals surface area contributed by atoms with Crippen molar-refractivity contribution in [2.24, 2.45) is 0 Å². The Bertz CT molecular complexity index is 1210. The van der Waals surface area contributed by atoms with Crippen molar-refractivity contribution in [1.29, 1.82) is 0 Å². The molecule has 7 heteroatoms. The Hall–Kier alpha value is -2.90. The molecule has 2 heterocycles. The summed E-state index contributed by atoms with van der Waals surface area (Å²) in [7, 11) is 3.84. The smallest absolute Gasteiger partial charge is 0.295 e. The number of H-pyrrole nitrogens is 1. The second-order valence-electron chi connectivity index (χ2n) is 8.05. The molecule has 31 heavy (non-hydrogen) atoms. The number of aliphatic hydroxyl groups is 1. The highest BCUT2D eigenvalue weighted by molar-refractivity contribution is 9.10. The third-order valence-electron chi connectivity index (χ3n) is 5.68. The van der Waals surface area contributed by atoms with Crippen LogP contribution in [-0.2, 0) is 9.59 Å². The monoisotopic (exact) mass is 481 g/mol. The molecule has 6 nitrogen and oxygen atoms in total. The molecule has 1 aliphatic heterocycles. The van der Waals surface area contributed by atoms with Crippen molar-refractivity contribution in [1.82, 2.24) is 14.8 Å². The van der Waals surface area contributed by atoms with Gasteiger partial charge in [0, 0.05) is 45.8 Å². The first-order chi connectivity index (χ1) is 14.8. The van der Waals surface area contributed by atoms with Crippen LogP contribution in [0.2, 0.25) is 0 Å². The summed E-state index contributed by atoms with van der Waals surface area (Å²) in [6.07, 6.45) is 1.82. The summed E-state index contributed by atoms with van der Waals surface area (Å²) in [5.41, 5.74) is 3.26. The Kier molecular flexibility index (Phi) is 5.73. The fourth-order valence-corrected chi connectivity index (χ4v) is 4.26. The summed E-state index contributed by atoms with van der Waals surface area (Å²) in [5, 5.41) is 12.1. The number of para-hydroxylation sites is 1. The molecule has 1 unspecified atom stereocenters. The maximum Gasteiger partial charge on any atom is 0.295 e. The Labute approximate surface area is 189 Å². The standard InChI is InChI=1S/C24H24BrN3O3/c1-14-12-15(8-9-18(14)25)22(29)20-21(17-13-26-19-7-5-4-6-16(17)19)28(11-10-27(2)3)24(31)23(20)30/h4-9,12-13,21,26,29H,10-11H2,1-3H3/b22-20+. The Morgan fingerprint density at radius 1 is 1.19 bits per heavy atom. The van der Waals surface area contributed by atoms with Crippen LogP contribution in [0.4, 0.5) is 0 Å². The molecule has 0 aliphatic carbocycles. The van der Waals surface area contributed by atoms with Gasteiger partial charge in [0.2, 0.25) is 0 Å².